The summed E-state index contributed by atoms with van der Waals surface area (Å²) in [5, 5.41) is 3.37. The van der Waals surface area contributed by atoms with E-state index in [4.69, 9.17) is 0 Å². The van der Waals surface area contributed by atoms with Crippen LogP contribution in [0.15, 0.2) is 0 Å². The van der Waals surface area contributed by atoms with E-state index in [9.17, 15) is 4.79 Å². The Labute approximate surface area is 116 Å². The highest BCUT2D eigenvalue weighted by Crippen LogP contribution is 2.37. The Kier molecular flexibility index (Phi) is 3.70. The highest BCUT2D eigenvalue weighted by Gasteiger charge is 2.43. The Bertz CT molecular complexity index is 334. The van der Waals surface area contributed by atoms with Gasteiger partial charge in [0.1, 0.15) is 0 Å². The van der Waals surface area contributed by atoms with Crippen molar-refractivity contribution >= 4 is 6.03 Å². The van der Waals surface area contributed by atoms with E-state index in [0.717, 1.165) is 12.5 Å². The number of rotatable bonds is 3. The molecule has 1 saturated heterocycles. The number of carbonyl (C=O) groups is 1. The normalized spacial score (nSPS) is 36.7. The molecule has 19 heavy (non-hydrogen) atoms. The van der Waals surface area contributed by atoms with Gasteiger partial charge < -0.3 is 15.1 Å². The first kappa shape index (κ1) is 13.2. The maximum Gasteiger partial charge on any atom is 0.320 e. The van der Waals surface area contributed by atoms with E-state index >= 15 is 0 Å². The molecule has 1 atom stereocenters. The smallest absolute Gasteiger partial charge is 0.320 e. The van der Waals surface area contributed by atoms with Crippen LogP contribution in [0.25, 0.3) is 0 Å². The summed E-state index contributed by atoms with van der Waals surface area (Å²) >= 11 is 0. The van der Waals surface area contributed by atoms with Gasteiger partial charge in [-0.05, 0) is 51.5 Å². The van der Waals surface area contributed by atoms with Crippen LogP contribution in [0.1, 0.15) is 44.9 Å². The molecule has 3 aliphatic rings. The number of nitrogens with one attached hydrogen (secondary N) is 1. The Morgan fingerprint density at radius 3 is 2.32 bits per heavy atom. The van der Waals surface area contributed by atoms with Gasteiger partial charge in [-0.15, -0.1) is 0 Å². The molecule has 1 aliphatic heterocycles. The molecule has 0 radical (unpaired) electrons. The lowest BCUT2D eigenvalue weighted by Gasteiger charge is -2.35. The van der Waals surface area contributed by atoms with Gasteiger partial charge in [0, 0.05) is 25.7 Å². The number of carbonyl (C=O) groups excluding carboxylic acids is 1. The van der Waals surface area contributed by atoms with Gasteiger partial charge in [0.25, 0.3) is 0 Å². The molecule has 0 aromatic heterocycles. The molecule has 4 nitrogen and oxygen atoms in total. The van der Waals surface area contributed by atoms with Crippen molar-refractivity contribution in [2.75, 3.05) is 20.6 Å². The van der Waals surface area contributed by atoms with Crippen LogP contribution in [0.5, 0.6) is 0 Å². The van der Waals surface area contributed by atoms with Crippen molar-refractivity contribution in [3.8, 4) is 0 Å². The molecular weight excluding hydrogens is 238 g/mol. The van der Waals surface area contributed by atoms with E-state index in [1.807, 2.05) is 19.0 Å². The first-order chi connectivity index (χ1) is 9.20. The summed E-state index contributed by atoms with van der Waals surface area (Å²) in [5.74, 6) is 0.771. The lowest BCUT2D eigenvalue weighted by molar-refractivity contribution is 0.159. The Hall–Kier alpha value is -0.770. The molecule has 2 saturated carbocycles. The largest absolute Gasteiger partial charge is 0.323 e. The zero-order chi connectivity index (χ0) is 13.4. The van der Waals surface area contributed by atoms with Crippen LogP contribution in [0, 0.1) is 5.92 Å². The van der Waals surface area contributed by atoms with Crippen molar-refractivity contribution in [3.05, 3.63) is 0 Å². The van der Waals surface area contributed by atoms with E-state index < -0.39 is 0 Å². The molecule has 1 N–H and O–H groups in total. The maximum absolute atomic E-state index is 12.4. The highest BCUT2D eigenvalue weighted by atomic mass is 16.2. The molecule has 3 fully saturated rings. The molecule has 2 aliphatic carbocycles. The zero-order valence-corrected chi connectivity index (χ0v) is 12.3. The lowest BCUT2D eigenvalue weighted by atomic mass is 9.79. The van der Waals surface area contributed by atoms with E-state index in [2.05, 4.69) is 10.2 Å². The van der Waals surface area contributed by atoms with E-state index in [1.54, 1.807) is 0 Å². The SMILES string of the molecule is CNC1CCC(N2CC(C3CCC3)N(C)C2=O)CC1. The van der Waals surface area contributed by atoms with Crippen LogP contribution in [-0.4, -0.2) is 54.6 Å². The molecule has 2 amide bonds. The van der Waals surface area contributed by atoms with Crippen LogP contribution in [-0.2, 0) is 0 Å². The fourth-order valence-corrected chi connectivity index (χ4v) is 4.02. The average molecular weight is 265 g/mol. The molecule has 1 unspecified atom stereocenters. The topological polar surface area (TPSA) is 35.6 Å². The zero-order valence-electron chi connectivity index (χ0n) is 12.3. The minimum Gasteiger partial charge on any atom is -0.323 e. The number of nitrogens with zero attached hydrogens (tertiary/aromatic N) is 2. The first-order valence-corrected chi connectivity index (χ1v) is 7.91. The van der Waals surface area contributed by atoms with E-state index in [-0.39, 0.29) is 6.03 Å². The summed E-state index contributed by atoms with van der Waals surface area (Å²) in [6.07, 6.45) is 8.76. The van der Waals surface area contributed by atoms with Gasteiger partial charge >= 0.3 is 6.03 Å². The Morgan fingerprint density at radius 1 is 1.11 bits per heavy atom. The minimum absolute atomic E-state index is 0.282. The van der Waals surface area contributed by atoms with Crippen molar-refractivity contribution in [2.24, 2.45) is 5.92 Å². The van der Waals surface area contributed by atoms with Gasteiger partial charge in [0.2, 0.25) is 0 Å². The molecule has 3 rings (SSSR count). The molecule has 0 aromatic rings. The molecule has 4 heteroatoms. The van der Waals surface area contributed by atoms with Crippen molar-refractivity contribution in [1.82, 2.24) is 15.1 Å². The van der Waals surface area contributed by atoms with Gasteiger partial charge in [0.15, 0.2) is 0 Å². The Balaban J connectivity index is 1.60. The fraction of sp³-hybridized carbons (Fsp3) is 0.933. The second-order valence-corrected chi connectivity index (χ2v) is 6.60. The highest BCUT2D eigenvalue weighted by molar-refractivity contribution is 5.77. The number of hydrogen-bond acceptors (Lipinski definition) is 2. The molecular formula is C15H27N3O. The second-order valence-electron chi connectivity index (χ2n) is 6.60. The summed E-state index contributed by atoms with van der Waals surface area (Å²) in [7, 11) is 4.05. The third kappa shape index (κ3) is 2.35. The molecule has 1 heterocycles. The molecule has 0 bridgehead atoms. The van der Waals surface area contributed by atoms with Gasteiger partial charge in [-0.1, -0.05) is 6.42 Å². The minimum atomic E-state index is 0.282. The van der Waals surface area contributed by atoms with Gasteiger partial charge in [-0.2, -0.15) is 0 Å². The van der Waals surface area contributed by atoms with Crippen molar-refractivity contribution in [3.63, 3.8) is 0 Å². The summed E-state index contributed by atoms with van der Waals surface area (Å²) in [6, 6.07) is 1.92. The lowest BCUT2D eigenvalue weighted by Crippen LogP contribution is -2.43. The summed E-state index contributed by atoms with van der Waals surface area (Å²) in [4.78, 5) is 16.6. The average Bonchev–Trinajstić information content (AvgIpc) is 2.66. The predicted molar refractivity (Wildman–Crippen MR) is 76.1 cm³/mol. The maximum atomic E-state index is 12.4. The summed E-state index contributed by atoms with van der Waals surface area (Å²) < 4.78 is 0. The van der Waals surface area contributed by atoms with Crippen molar-refractivity contribution in [1.29, 1.82) is 0 Å². The monoisotopic (exact) mass is 265 g/mol. The van der Waals surface area contributed by atoms with Gasteiger partial charge in [-0.25, -0.2) is 4.79 Å². The number of urea groups is 1. The predicted octanol–water partition coefficient (Wildman–Crippen LogP) is 2.05. The van der Waals surface area contributed by atoms with Gasteiger partial charge in [-0.3, -0.25) is 0 Å². The summed E-state index contributed by atoms with van der Waals surface area (Å²) in [5.41, 5.74) is 0. The van der Waals surface area contributed by atoms with Crippen molar-refractivity contribution < 1.29 is 4.79 Å². The standard InChI is InChI=1S/C15H27N3O/c1-16-12-6-8-13(9-7-12)18-10-14(11-4-3-5-11)17(2)15(18)19/h11-14,16H,3-10H2,1-2H3. The van der Waals surface area contributed by atoms with Crippen LogP contribution in [0.3, 0.4) is 0 Å². The van der Waals surface area contributed by atoms with Crippen LogP contribution >= 0.6 is 0 Å². The van der Waals surface area contributed by atoms with E-state index in [0.29, 0.717) is 18.1 Å². The molecule has 108 valence electrons. The number of hydrogen-bond donors (Lipinski definition) is 1. The number of amides is 2. The van der Waals surface area contributed by atoms with E-state index in [1.165, 1.54) is 44.9 Å². The second kappa shape index (κ2) is 5.31. The summed E-state index contributed by atoms with van der Waals surface area (Å²) in [6.45, 7) is 0.981. The fourth-order valence-electron chi connectivity index (χ4n) is 4.02. The molecule has 0 spiro atoms. The first-order valence-electron chi connectivity index (χ1n) is 7.91. The van der Waals surface area contributed by atoms with Crippen molar-refractivity contribution in [2.45, 2.75) is 63.1 Å². The molecule has 0 aromatic carbocycles. The number of likely N-dealkylation sites (N-methyl/N-ethyl adjacent to an activating group) is 1. The van der Waals surface area contributed by atoms with Crippen LogP contribution in [0.2, 0.25) is 0 Å². The quantitative estimate of drug-likeness (QED) is 0.848. The van der Waals surface area contributed by atoms with Crippen LogP contribution < -0.4 is 5.32 Å². The Morgan fingerprint density at radius 2 is 1.79 bits per heavy atom. The third-order valence-electron chi connectivity index (χ3n) is 5.67. The van der Waals surface area contributed by atoms with Crippen LogP contribution in [0.4, 0.5) is 4.79 Å². The third-order valence-corrected chi connectivity index (χ3v) is 5.67. The van der Waals surface area contributed by atoms with Gasteiger partial charge in [0.05, 0.1) is 6.04 Å².